The molecule has 124 valence electrons. The van der Waals surface area contributed by atoms with E-state index in [1.54, 1.807) is 7.11 Å². The van der Waals surface area contributed by atoms with Crippen LogP contribution >= 0.6 is 0 Å². The Labute approximate surface area is 136 Å². The van der Waals surface area contributed by atoms with Crippen LogP contribution in [0.4, 0.5) is 5.69 Å². The van der Waals surface area contributed by atoms with Crippen LogP contribution in [-0.4, -0.2) is 23.9 Å². The number of nitrogens with zero attached hydrogens (tertiary/aromatic N) is 1. The molecule has 23 heavy (non-hydrogen) atoms. The molecule has 1 aromatic carbocycles. The minimum Gasteiger partial charge on any atom is -0.495 e. The third-order valence-corrected chi connectivity index (χ3v) is 6.64. The van der Waals surface area contributed by atoms with Crippen molar-refractivity contribution in [3.63, 3.8) is 0 Å². The highest BCUT2D eigenvalue weighted by atomic mass is 16.5. The highest BCUT2D eigenvalue weighted by Gasteiger charge is 2.71. The van der Waals surface area contributed by atoms with Gasteiger partial charge < -0.3 is 15.3 Å². The van der Waals surface area contributed by atoms with Gasteiger partial charge in [0.1, 0.15) is 5.75 Å². The van der Waals surface area contributed by atoms with Crippen LogP contribution in [0.25, 0.3) is 0 Å². The number of fused-ring (bicyclic) bond motifs is 2. The van der Waals surface area contributed by atoms with Crippen LogP contribution in [-0.2, 0) is 4.79 Å². The van der Waals surface area contributed by atoms with Gasteiger partial charge >= 0.3 is 0 Å². The van der Waals surface area contributed by atoms with Gasteiger partial charge in [0.15, 0.2) is 0 Å². The Balaban J connectivity index is 1.97. The first kappa shape index (κ1) is 15.8. The number of oxime groups is 1. The number of carbonyl (C=O) groups is 1. The number of para-hydroxylation sites is 2. The van der Waals surface area contributed by atoms with E-state index in [4.69, 9.17) is 4.74 Å². The fourth-order valence-corrected chi connectivity index (χ4v) is 4.53. The lowest BCUT2D eigenvalue weighted by molar-refractivity contribution is -0.130. The molecule has 0 heterocycles. The first-order chi connectivity index (χ1) is 10.8. The van der Waals surface area contributed by atoms with E-state index in [9.17, 15) is 10.0 Å². The van der Waals surface area contributed by atoms with Crippen molar-refractivity contribution in [2.24, 2.45) is 21.4 Å². The minimum absolute atomic E-state index is 0.0191. The number of rotatable bonds is 3. The van der Waals surface area contributed by atoms with Crippen LogP contribution in [0, 0.1) is 16.2 Å². The number of nitrogens with one attached hydrogen (secondary N) is 1. The van der Waals surface area contributed by atoms with Crippen LogP contribution in [0.2, 0.25) is 0 Å². The minimum atomic E-state index is -0.551. The summed E-state index contributed by atoms with van der Waals surface area (Å²) in [7, 11) is 1.59. The van der Waals surface area contributed by atoms with Gasteiger partial charge in [-0.25, -0.2) is 0 Å². The zero-order valence-corrected chi connectivity index (χ0v) is 14.1. The monoisotopic (exact) mass is 316 g/mol. The summed E-state index contributed by atoms with van der Waals surface area (Å²) >= 11 is 0. The van der Waals surface area contributed by atoms with E-state index in [-0.39, 0.29) is 16.7 Å². The van der Waals surface area contributed by atoms with Gasteiger partial charge in [0.2, 0.25) is 5.91 Å². The maximum atomic E-state index is 13.2. The van der Waals surface area contributed by atoms with Gasteiger partial charge in [-0.15, -0.1) is 0 Å². The van der Waals surface area contributed by atoms with Gasteiger partial charge in [-0.2, -0.15) is 0 Å². The molecule has 2 atom stereocenters. The van der Waals surface area contributed by atoms with Crippen molar-refractivity contribution in [2.75, 3.05) is 12.4 Å². The van der Waals surface area contributed by atoms with Crippen molar-refractivity contribution >= 4 is 17.3 Å². The molecule has 0 saturated heterocycles. The maximum Gasteiger partial charge on any atom is 0.231 e. The van der Waals surface area contributed by atoms with Gasteiger partial charge in [0.25, 0.3) is 0 Å². The van der Waals surface area contributed by atoms with Gasteiger partial charge in [-0.05, 0) is 30.4 Å². The standard InChI is InChI=1S/C18H24N2O3/c1-16(2)17(3)9-10-18(16,11-14(17)20-22)15(21)19-12-7-5-6-8-13(12)23-4/h5-8,22H,9-11H2,1-4H3,(H,19,21)/b20-14+. The van der Waals surface area contributed by atoms with E-state index < -0.39 is 5.41 Å². The molecule has 5 heteroatoms. The Hall–Kier alpha value is -2.04. The molecule has 0 aliphatic heterocycles. The van der Waals surface area contributed by atoms with Crippen molar-refractivity contribution in [3.8, 4) is 5.75 Å². The van der Waals surface area contributed by atoms with E-state index in [0.717, 1.165) is 18.6 Å². The Morgan fingerprint density at radius 1 is 1.26 bits per heavy atom. The molecule has 2 saturated carbocycles. The SMILES string of the molecule is COc1ccccc1NC(=O)C12CCC(C)(/C(=N/O)C1)C2(C)C. The fraction of sp³-hybridized carbons (Fsp3) is 0.556. The second-order valence-corrected chi connectivity index (χ2v) is 7.42. The molecule has 2 unspecified atom stereocenters. The first-order valence-electron chi connectivity index (χ1n) is 7.98. The van der Waals surface area contributed by atoms with Gasteiger partial charge in [-0.1, -0.05) is 38.1 Å². The Morgan fingerprint density at radius 2 is 1.96 bits per heavy atom. The Morgan fingerprint density at radius 3 is 2.57 bits per heavy atom. The maximum absolute atomic E-state index is 13.2. The molecule has 2 aliphatic rings. The normalized spacial score (nSPS) is 33.0. The number of hydrogen-bond donors (Lipinski definition) is 2. The summed E-state index contributed by atoms with van der Waals surface area (Å²) in [6.07, 6.45) is 2.17. The number of hydrogen-bond acceptors (Lipinski definition) is 4. The Bertz CT molecular complexity index is 683. The lowest BCUT2D eigenvalue weighted by Crippen LogP contribution is -2.43. The third kappa shape index (κ3) is 1.85. The molecule has 3 rings (SSSR count). The molecule has 1 amide bonds. The summed E-state index contributed by atoms with van der Waals surface area (Å²) in [6.45, 7) is 6.33. The highest BCUT2D eigenvalue weighted by Crippen LogP contribution is 2.71. The predicted octanol–water partition coefficient (Wildman–Crippen LogP) is 3.68. The molecule has 1 aromatic rings. The first-order valence-corrected chi connectivity index (χ1v) is 7.98. The fourth-order valence-electron chi connectivity index (χ4n) is 4.53. The number of carbonyl (C=O) groups excluding carboxylic acids is 1. The average Bonchev–Trinajstić information content (AvgIpc) is 2.85. The molecular formula is C18H24N2O3. The summed E-state index contributed by atoms with van der Waals surface area (Å²) < 4.78 is 5.32. The average molecular weight is 316 g/mol. The zero-order valence-electron chi connectivity index (χ0n) is 14.1. The van der Waals surface area contributed by atoms with Crippen molar-refractivity contribution in [1.82, 2.24) is 0 Å². The van der Waals surface area contributed by atoms with Crippen molar-refractivity contribution < 1.29 is 14.7 Å². The summed E-state index contributed by atoms with van der Waals surface area (Å²) in [4.78, 5) is 13.2. The van der Waals surface area contributed by atoms with Crippen LogP contribution in [0.3, 0.4) is 0 Å². The van der Waals surface area contributed by atoms with Crippen molar-refractivity contribution in [3.05, 3.63) is 24.3 Å². The van der Waals surface area contributed by atoms with Crippen molar-refractivity contribution in [1.29, 1.82) is 0 Å². The number of ether oxygens (including phenoxy) is 1. The predicted molar refractivity (Wildman–Crippen MR) is 89.0 cm³/mol. The van der Waals surface area contributed by atoms with Crippen LogP contribution in [0.1, 0.15) is 40.0 Å². The number of anilines is 1. The lowest BCUT2D eigenvalue weighted by atomic mass is 9.64. The molecule has 2 bridgehead atoms. The molecule has 5 nitrogen and oxygen atoms in total. The second-order valence-electron chi connectivity index (χ2n) is 7.42. The quantitative estimate of drug-likeness (QED) is 0.660. The van der Waals surface area contributed by atoms with Gasteiger partial charge in [-0.3, -0.25) is 4.79 Å². The molecule has 0 aromatic heterocycles. The van der Waals surface area contributed by atoms with E-state index in [1.807, 2.05) is 24.3 Å². The topological polar surface area (TPSA) is 70.9 Å². The van der Waals surface area contributed by atoms with Crippen LogP contribution in [0.5, 0.6) is 5.75 Å². The zero-order chi connectivity index (χ0) is 16.9. The third-order valence-electron chi connectivity index (χ3n) is 6.64. The summed E-state index contributed by atoms with van der Waals surface area (Å²) in [5.74, 6) is 0.624. The molecule has 2 aliphatic carbocycles. The van der Waals surface area contributed by atoms with E-state index in [1.165, 1.54) is 0 Å². The van der Waals surface area contributed by atoms with Crippen molar-refractivity contribution in [2.45, 2.75) is 40.0 Å². The number of benzene rings is 1. The van der Waals surface area contributed by atoms with Gasteiger partial charge in [0.05, 0.1) is 23.9 Å². The van der Waals surface area contributed by atoms with Gasteiger partial charge in [0, 0.05) is 11.8 Å². The number of amides is 1. The number of methoxy groups -OCH3 is 1. The molecular weight excluding hydrogens is 292 g/mol. The molecule has 0 spiro atoms. The van der Waals surface area contributed by atoms with E-state index >= 15 is 0 Å². The second kappa shape index (κ2) is 4.98. The lowest BCUT2D eigenvalue weighted by Gasteiger charge is -2.39. The summed E-state index contributed by atoms with van der Waals surface area (Å²) in [6, 6.07) is 7.40. The van der Waals surface area contributed by atoms with E-state index in [2.05, 4.69) is 31.2 Å². The molecule has 2 fully saturated rings. The Kier molecular flexibility index (Phi) is 3.43. The smallest absolute Gasteiger partial charge is 0.231 e. The largest absolute Gasteiger partial charge is 0.495 e. The van der Waals surface area contributed by atoms with Crippen LogP contribution < -0.4 is 10.1 Å². The highest BCUT2D eigenvalue weighted by molar-refractivity contribution is 6.06. The molecule has 2 N–H and O–H groups in total. The summed E-state index contributed by atoms with van der Waals surface area (Å²) in [5, 5.41) is 15.9. The summed E-state index contributed by atoms with van der Waals surface area (Å²) in [5.41, 5.74) is 0.356. The van der Waals surface area contributed by atoms with E-state index in [0.29, 0.717) is 17.9 Å². The van der Waals surface area contributed by atoms with Crippen LogP contribution in [0.15, 0.2) is 29.4 Å². The molecule has 0 radical (unpaired) electrons.